The fourth-order valence-corrected chi connectivity index (χ4v) is 6.27. The maximum Gasteiger partial charge on any atom is 0.308 e. The summed E-state index contributed by atoms with van der Waals surface area (Å²) in [5, 5.41) is 10.8. The van der Waals surface area contributed by atoms with Crippen LogP contribution in [0.3, 0.4) is 0 Å². The van der Waals surface area contributed by atoms with Crippen LogP contribution >= 0.6 is 0 Å². The largest absolute Gasteiger partial charge is 0.465 e. The van der Waals surface area contributed by atoms with Crippen molar-refractivity contribution in [3.63, 3.8) is 0 Å². The van der Waals surface area contributed by atoms with Crippen LogP contribution in [0.25, 0.3) is 0 Å². The predicted octanol–water partition coefficient (Wildman–Crippen LogP) is 10.9. The molecule has 0 amide bonds. The lowest BCUT2D eigenvalue weighted by Gasteiger charge is -2.32. The van der Waals surface area contributed by atoms with Gasteiger partial charge in [0.25, 0.3) is 0 Å². The van der Waals surface area contributed by atoms with Crippen LogP contribution in [0.1, 0.15) is 196 Å². The molecule has 48 heavy (non-hydrogen) atoms. The number of aliphatic hydroxyl groups excluding tert-OH is 1. The Hall–Kier alpha value is -1.63. The smallest absolute Gasteiger partial charge is 0.308 e. The van der Waals surface area contributed by atoms with Crippen molar-refractivity contribution in [3.8, 4) is 0 Å². The van der Waals surface area contributed by atoms with E-state index >= 15 is 0 Å². The van der Waals surface area contributed by atoms with Gasteiger partial charge in [0.15, 0.2) is 0 Å². The Morgan fingerprint density at radius 2 is 0.625 bits per heavy atom. The van der Waals surface area contributed by atoms with Crippen LogP contribution in [0.15, 0.2) is 0 Å². The standard InChI is InChI=1S/C41H78O7/c1-7-13-19-25-35(26-20-14-8-2)38(43)46-32-41(31-42,33-47-39(44)36(27-21-15-9-3)28-22-16-10-4)34-48-40(45)37(29-23-17-11-5)30-24-18-12-6/h35-37,42H,7-34H2,1-6H3. The number of aliphatic hydroxyl groups is 1. The van der Waals surface area contributed by atoms with Gasteiger partial charge < -0.3 is 19.3 Å². The first-order chi connectivity index (χ1) is 23.3. The fourth-order valence-electron chi connectivity index (χ4n) is 6.27. The second kappa shape index (κ2) is 31.4. The van der Waals surface area contributed by atoms with Crippen molar-refractivity contribution in [2.24, 2.45) is 23.2 Å². The van der Waals surface area contributed by atoms with E-state index in [0.29, 0.717) is 0 Å². The molecule has 0 aromatic rings. The van der Waals surface area contributed by atoms with Gasteiger partial charge in [0.1, 0.15) is 19.8 Å². The maximum atomic E-state index is 13.5. The van der Waals surface area contributed by atoms with E-state index in [-0.39, 0.29) is 55.5 Å². The number of hydrogen-bond acceptors (Lipinski definition) is 7. The highest BCUT2D eigenvalue weighted by molar-refractivity contribution is 5.73. The molecule has 0 aromatic carbocycles. The van der Waals surface area contributed by atoms with E-state index in [0.717, 1.165) is 154 Å². The minimum absolute atomic E-state index is 0.159. The number of hydrogen-bond donors (Lipinski definition) is 1. The molecule has 7 nitrogen and oxygen atoms in total. The molecule has 7 heteroatoms. The third-order valence-electron chi connectivity index (χ3n) is 9.83. The summed E-state index contributed by atoms with van der Waals surface area (Å²) in [6.07, 6.45) is 23.4. The Morgan fingerprint density at radius 3 is 0.792 bits per heavy atom. The van der Waals surface area contributed by atoms with Crippen molar-refractivity contribution in [3.05, 3.63) is 0 Å². The molecular weight excluding hydrogens is 604 g/mol. The normalized spacial score (nSPS) is 11.9. The molecule has 0 spiro atoms. The van der Waals surface area contributed by atoms with E-state index < -0.39 is 12.0 Å². The molecule has 0 bridgehead atoms. The number of unbranched alkanes of at least 4 members (excludes halogenated alkanes) is 12. The molecular formula is C41H78O7. The Labute approximate surface area is 296 Å². The lowest BCUT2D eigenvalue weighted by atomic mass is 9.90. The van der Waals surface area contributed by atoms with E-state index in [1.165, 1.54) is 0 Å². The molecule has 0 heterocycles. The topological polar surface area (TPSA) is 99.1 Å². The first kappa shape index (κ1) is 46.4. The van der Waals surface area contributed by atoms with Crippen LogP contribution in [-0.4, -0.2) is 49.4 Å². The molecule has 0 aliphatic carbocycles. The minimum atomic E-state index is -1.22. The van der Waals surface area contributed by atoms with Crippen molar-refractivity contribution in [1.29, 1.82) is 0 Å². The SMILES string of the molecule is CCCCCC(CCCCC)C(=O)OCC(CO)(COC(=O)C(CCCCC)CCCCC)COC(=O)C(CCCCC)CCCCC. The third kappa shape index (κ3) is 22.2. The molecule has 0 unspecified atom stereocenters. The second-order valence-corrected chi connectivity index (χ2v) is 14.5. The van der Waals surface area contributed by atoms with Gasteiger partial charge in [-0.1, -0.05) is 157 Å². The number of esters is 3. The summed E-state index contributed by atoms with van der Waals surface area (Å²) < 4.78 is 17.8. The van der Waals surface area contributed by atoms with Gasteiger partial charge in [0, 0.05) is 0 Å². The van der Waals surface area contributed by atoms with Crippen molar-refractivity contribution in [2.75, 3.05) is 26.4 Å². The molecule has 1 N–H and O–H groups in total. The molecule has 0 aromatic heterocycles. The van der Waals surface area contributed by atoms with E-state index in [4.69, 9.17) is 14.2 Å². The Balaban J connectivity index is 5.95. The van der Waals surface area contributed by atoms with E-state index in [9.17, 15) is 19.5 Å². The summed E-state index contributed by atoms with van der Waals surface area (Å²) in [5.74, 6) is -1.42. The number of carbonyl (C=O) groups is 3. The molecule has 0 radical (unpaired) electrons. The average Bonchev–Trinajstić information content (AvgIpc) is 3.09. The number of ether oxygens (including phenoxy) is 3. The van der Waals surface area contributed by atoms with Gasteiger partial charge in [-0.15, -0.1) is 0 Å². The van der Waals surface area contributed by atoms with Crippen molar-refractivity contribution in [2.45, 2.75) is 196 Å². The minimum Gasteiger partial charge on any atom is -0.465 e. The zero-order valence-electron chi connectivity index (χ0n) is 32.4. The highest BCUT2D eigenvalue weighted by Crippen LogP contribution is 2.27. The van der Waals surface area contributed by atoms with Gasteiger partial charge in [-0.2, -0.15) is 0 Å². The van der Waals surface area contributed by atoms with Crippen LogP contribution in [-0.2, 0) is 28.6 Å². The monoisotopic (exact) mass is 683 g/mol. The molecule has 0 atom stereocenters. The zero-order chi connectivity index (χ0) is 35.9. The van der Waals surface area contributed by atoms with E-state index in [1.54, 1.807) is 0 Å². The summed E-state index contributed by atoms with van der Waals surface area (Å²) in [6.45, 7) is 12.0. The summed E-state index contributed by atoms with van der Waals surface area (Å²) >= 11 is 0. The molecule has 0 saturated heterocycles. The lowest BCUT2D eigenvalue weighted by Crippen LogP contribution is -2.44. The quantitative estimate of drug-likeness (QED) is 0.0409. The fraction of sp³-hybridized carbons (Fsp3) is 0.927. The van der Waals surface area contributed by atoms with Gasteiger partial charge in [-0.05, 0) is 38.5 Å². The van der Waals surface area contributed by atoms with Gasteiger partial charge in [-0.25, -0.2) is 0 Å². The first-order valence-corrected chi connectivity index (χ1v) is 20.4. The Kier molecular flexibility index (Phi) is 30.3. The highest BCUT2D eigenvalue weighted by Gasteiger charge is 2.38. The van der Waals surface area contributed by atoms with Gasteiger partial charge >= 0.3 is 17.9 Å². The molecule has 0 aliphatic heterocycles. The number of carbonyl (C=O) groups excluding carboxylic acids is 3. The van der Waals surface area contributed by atoms with Gasteiger partial charge in [0.05, 0.1) is 29.8 Å². The Morgan fingerprint density at radius 1 is 0.417 bits per heavy atom. The Bertz CT molecular complexity index is 655. The highest BCUT2D eigenvalue weighted by atomic mass is 16.6. The van der Waals surface area contributed by atoms with Gasteiger partial charge in [0.2, 0.25) is 0 Å². The maximum absolute atomic E-state index is 13.5. The van der Waals surface area contributed by atoms with Crippen LogP contribution < -0.4 is 0 Å². The van der Waals surface area contributed by atoms with Crippen molar-refractivity contribution < 1.29 is 33.7 Å². The lowest BCUT2D eigenvalue weighted by molar-refractivity contribution is -0.171. The molecule has 0 aliphatic rings. The van der Waals surface area contributed by atoms with E-state index in [1.807, 2.05) is 0 Å². The molecule has 0 saturated carbocycles. The molecule has 0 fully saturated rings. The molecule has 284 valence electrons. The summed E-state index contributed by atoms with van der Waals surface area (Å²) in [6, 6.07) is 0. The first-order valence-electron chi connectivity index (χ1n) is 20.4. The third-order valence-corrected chi connectivity index (χ3v) is 9.83. The summed E-state index contributed by atoms with van der Waals surface area (Å²) in [7, 11) is 0. The predicted molar refractivity (Wildman–Crippen MR) is 198 cm³/mol. The van der Waals surface area contributed by atoms with Crippen LogP contribution in [0.2, 0.25) is 0 Å². The van der Waals surface area contributed by atoms with Crippen molar-refractivity contribution >= 4 is 17.9 Å². The van der Waals surface area contributed by atoms with Gasteiger partial charge in [-0.3, -0.25) is 14.4 Å². The van der Waals surface area contributed by atoms with Crippen LogP contribution in [0.4, 0.5) is 0 Å². The average molecular weight is 683 g/mol. The van der Waals surface area contributed by atoms with Crippen molar-refractivity contribution in [1.82, 2.24) is 0 Å². The molecule has 0 rings (SSSR count). The van der Waals surface area contributed by atoms with Crippen LogP contribution in [0.5, 0.6) is 0 Å². The zero-order valence-corrected chi connectivity index (χ0v) is 32.4. The second-order valence-electron chi connectivity index (χ2n) is 14.5. The van der Waals surface area contributed by atoms with E-state index in [2.05, 4.69) is 41.5 Å². The van der Waals surface area contributed by atoms with Crippen LogP contribution in [0, 0.1) is 23.2 Å². The summed E-state index contributed by atoms with van der Waals surface area (Å²) in [5.41, 5.74) is -1.22. The summed E-state index contributed by atoms with van der Waals surface area (Å²) in [4.78, 5) is 40.4. The number of rotatable bonds is 34.